The van der Waals surface area contributed by atoms with Gasteiger partial charge in [-0.3, -0.25) is 14.4 Å². The molecule has 1 atom stereocenters. The van der Waals surface area contributed by atoms with E-state index in [9.17, 15) is 14.4 Å². The molecular weight excluding hydrogens is 164 g/mol. The van der Waals surface area contributed by atoms with Crippen molar-refractivity contribution in [1.29, 1.82) is 0 Å². The van der Waals surface area contributed by atoms with E-state index in [1.165, 1.54) is 0 Å². The Morgan fingerprint density at radius 2 is 2.33 bits per heavy atom. The monoisotopic (exact) mass is 172 g/mol. The second-order valence-corrected chi connectivity index (χ2v) is 2.26. The molecule has 1 unspecified atom stereocenters. The van der Waals surface area contributed by atoms with Crippen LogP contribution in [0.25, 0.3) is 0 Å². The van der Waals surface area contributed by atoms with Crippen molar-refractivity contribution < 1.29 is 23.9 Å². The van der Waals surface area contributed by atoms with Crippen LogP contribution in [-0.4, -0.2) is 30.9 Å². The van der Waals surface area contributed by atoms with Crippen molar-refractivity contribution in [1.82, 2.24) is 0 Å². The Kier molecular flexibility index (Phi) is 2.42. The van der Waals surface area contributed by atoms with Crippen LogP contribution in [-0.2, 0) is 23.9 Å². The summed E-state index contributed by atoms with van der Waals surface area (Å²) in [5.74, 6) is -3.49. The van der Waals surface area contributed by atoms with Gasteiger partial charge in [-0.2, -0.15) is 0 Å². The van der Waals surface area contributed by atoms with Gasteiger partial charge in [-0.1, -0.05) is 0 Å². The second-order valence-electron chi connectivity index (χ2n) is 2.26. The highest BCUT2D eigenvalue weighted by Gasteiger charge is 2.42. The molecule has 0 aromatic rings. The number of ketones is 1. The van der Waals surface area contributed by atoms with Crippen molar-refractivity contribution in [2.45, 2.75) is 6.92 Å². The standard InChI is InChI=1S/C7H8O5/c1-2-11-6(9)5-4(8)3-12-7(5)10/h5H,2-3H2,1H3. The third-order valence-electron chi connectivity index (χ3n) is 1.44. The minimum Gasteiger partial charge on any atom is -0.465 e. The third kappa shape index (κ3) is 1.44. The first-order chi connectivity index (χ1) is 5.66. The summed E-state index contributed by atoms with van der Waals surface area (Å²) in [5.41, 5.74) is 0. The van der Waals surface area contributed by atoms with Gasteiger partial charge >= 0.3 is 11.9 Å². The van der Waals surface area contributed by atoms with Crippen LogP contribution in [0.15, 0.2) is 0 Å². The highest BCUT2D eigenvalue weighted by Crippen LogP contribution is 2.12. The number of hydrogen-bond donors (Lipinski definition) is 0. The highest BCUT2D eigenvalue weighted by atomic mass is 16.6. The number of esters is 2. The van der Waals surface area contributed by atoms with E-state index in [-0.39, 0.29) is 13.2 Å². The normalized spacial score (nSPS) is 22.2. The number of carbonyl (C=O) groups is 3. The Hall–Kier alpha value is -1.39. The van der Waals surface area contributed by atoms with Crippen molar-refractivity contribution in [2.75, 3.05) is 13.2 Å². The minimum absolute atomic E-state index is 0.149. The van der Waals surface area contributed by atoms with E-state index in [1.807, 2.05) is 0 Å². The largest absolute Gasteiger partial charge is 0.465 e. The zero-order valence-electron chi connectivity index (χ0n) is 6.53. The maximum absolute atomic E-state index is 10.9. The van der Waals surface area contributed by atoms with Crippen molar-refractivity contribution in [3.05, 3.63) is 0 Å². The SMILES string of the molecule is CCOC(=O)C1C(=O)COC1=O. The summed E-state index contributed by atoms with van der Waals surface area (Å²) in [6.45, 7) is 1.43. The lowest BCUT2D eigenvalue weighted by molar-refractivity contribution is -0.156. The number of rotatable bonds is 2. The van der Waals surface area contributed by atoms with Gasteiger partial charge in [0, 0.05) is 0 Å². The van der Waals surface area contributed by atoms with Crippen molar-refractivity contribution in [3.63, 3.8) is 0 Å². The molecule has 0 bridgehead atoms. The molecule has 0 aromatic heterocycles. The first-order valence-electron chi connectivity index (χ1n) is 3.52. The Balaban J connectivity index is 2.66. The molecule has 12 heavy (non-hydrogen) atoms. The predicted octanol–water partition coefficient (Wildman–Crippen LogP) is -0.708. The lowest BCUT2D eigenvalue weighted by Gasteiger charge is -2.02. The zero-order valence-corrected chi connectivity index (χ0v) is 6.53. The quantitative estimate of drug-likeness (QED) is 0.406. The summed E-state index contributed by atoms with van der Waals surface area (Å²) < 4.78 is 8.86. The molecule has 1 heterocycles. The number of hydrogen-bond acceptors (Lipinski definition) is 5. The third-order valence-corrected chi connectivity index (χ3v) is 1.44. The van der Waals surface area contributed by atoms with Crippen LogP contribution in [0.1, 0.15) is 6.92 Å². The molecule has 1 aliphatic heterocycles. The molecule has 0 amide bonds. The van der Waals surface area contributed by atoms with E-state index >= 15 is 0 Å². The number of carbonyl (C=O) groups excluding carboxylic acids is 3. The zero-order chi connectivity index (χ0) is 9.14. The number of Topliss-reactive ketones (excluding diaryl/α,β-unsaturated/α-hetero) is 1. The van der Waals surface area contributed by atoms with Crippen LogP contribution in [0.2, 0.25) is 0 Å². The molecule has 0 saturated carbocycles. The van der Waals surface area contributed by atoms with Gasteiger partial charge in [-0.15, -0.1) is 0 Å². The maximum atomic E-state index is 10.9. The van der Waals surface area contributed by atoms with Gasteiger partial charge in [-0.05, 0) is 6.92 Å². The van der Waals surface area contributed by atoms with E-state index in [0.717, 1.165) is 0 Å². The highest BCUT2D eigenvalue weighted by molar-refractivity contribution is 6.18. The van der Waals surface area contributed by atoms with E-state index in [1.54, 1.807) is 6.92 Å². The lowest BCUT2D eigenvalue weighted by Crippen LogP contribution is -2.27. The average Bonchev–Trinajstić information content (AvgIpc) is 2.32. The second kappa shape index (κ2) is 3.34. The number of cyclic esters (lactones) is 1. The van der Waals surface area contributed by atoms with Crippen LogP contribution in [0.5, 0.6) is 0 Å². The van der Waals surface area contributed by atoms with Crippen LogP contribution in [0.3, 0.4) is 0 Å². The van der Waals surface area contributed by atoms with E-state index in [4.69, 9.17) is 0 Å². The molecule has 5 heteroatoms. The smallest absolute Gasteiger partial charge is 0.328 e. The van der Waals surface area contributed by atoms with Gasteiger partial charge in [-0.25, -0.2) is 0 Å². The molecular formula is C7H8O5. The van der Waals surface area contributed by atoms with Gasteiger partial charge in [0.1, 0.15) is 0 Å². The van der Waals surface area contributed by atoms with Crippen LogP contribution in [0, 0.1) is 5.92 Å². The van der Waals surface area contributed by atoms with Gasteiger partial charge in [0.05, 0.1) is 6.61 Å². The fraction of sp³-hybridized carbons (Fsp3) is 0.571. The maximum Gasteiger partial charge on any atom is 0.328 e. The van der Waals surface area contributed by atoms with Crippen LogP contribution in [0.4, 0.5) is 0 Å². The van der Waals surface area contributed by atoms with Gasteiger partial charge in [0.2, 0.25) is 5.92 Å². The van der Waals surface area contributed by atoms with Gasteiger partial charge in [0.25, 0.3) is 0 Å². The molecule has 1 rings (SSSR count). The Bertz CT molecular complexity index is 216. The molecule has 1 fully saturated rings. The Morgan fingerprint density at radius 3 is 2.75 bits per heavy atom. The first-order valence-corrected chi connectivity index (χ1v) is 3.52. The Labute approximate surface area is 68.6 Å². The molecule has 5 nitrogen and oxygen atoms in total. The van der Waals surface area contributed by atoms with Gasteiger partial charge in [0.15, 0.2) is 12.4 Å². The summed E-state index contributed by atoms with van der Waals surface area (Å²) in [4.78, 5) is 32.5. The molecule has 0 spiro atoms. The molecule has 1 aliphatic rings. The minimum atomic E-state index is -1.34. The average molecular weight is 172 g/mol. The Morgan fingerprint density at radius 1 is 1.67 bits per heavy atom. The van der Waals surface area contributed by atoms with Gasteiger partial charge < -0.3 is 9.47 Å². The van der Waals surface area contributed by atoms with Crippen molar-refractivity contribution >= 4 is 17.7 Å². The van der Waals surface area contributed by atoms with Crippen molar-refractivity contribution in [3.8, 4) is 0 Å². The summed E-state index contributed by atoms with van der Waals surface area (Å²) >= 11 is 0. The molecule has 1 saturated heterocycles. The predicted molar refractivity (Wildman–Crippen MR) is 36.1 cm³/mol. The summed E-state index contributed by atoms with van der Waals surface area (Å²) in [5, 5.41) is 0. The summed E-state index contributed by atoms with van der Waals surface area (Å²) in [7, 11) is 0. The first kappa shape index (κ1) is 8.70. The summed E-state index contributed by atoms with van der Waals surface area (Å²) in [6.07, 6.45) is 0. The van der Waals surface area contributed by atoms with Crippen LogP contribution >= 0.6 is 0 Å². The van der Waals surface area contributed by atoms with Crippen LogP contribution < -0.4 is 0 Å². The molecule has 0 aromatic carbocycles. The van der Waals surface area contributed by atoms with Crippen molar-refractivity contribution in [2.24, 2.45) is 5.92 Å². The van der Waals surface area contributed by atoms with E-state index in [0.29, 0.717) is 0 Å². The fourth-order valence-corrected chi connectivity index (χ4v) is 0.894. The number of ether oxygens (including phenoxy) is 2. The molecule has 0 N–H and O–H groups in total. The van der Waals surface area contributed by atoms with E-state index in [2.05, 4.69) is 9.47 Å². The topological polar surface area (TPSA) is 69.7 Å². The molecule has 0 radical (unpaired) electrons. The fourth-order valence-electron chi connectivity index (χ4n) is 0.894. The van der Waals surface area contributed by atoms with E-state index < -0.39 is 23.6 Å². The molecule has 66 valence electrons. The molecule has 0 aliphatic carbocycles. The lowest BCUT2D eigenvalue weighted by atomic mass is 10.1. The summed E-state index contributed by atoms with van der Waals surface area (Å²) in [6, 6.07) is 0.